The second kappa shape index (κ2) is 4.18. The third kappa shape index (κ3) is 3.47. The van der Waals surface area contributed by atoms with Crippen LogP contribution in [-0.4, -0.2) is 12.4 Å². The predicted octanol–water partition coefficient (Wildman–Crippen LogP) is 2.02. The van der Waals surface area contributed by atoms with E-state index < -0.39 is 12.4 Å². The van der Waals surface area contributed by atoms with Gasteiger partial charge in [0.25, 0.3) is 0 Å². The van der Waals surface area contributed by atoms with Crippen LogP contribution in [0.25, 0.3) is 0 Å². The molecule has 0 radical (unpaired) electrons. The molecule has 0 heterocycles. The van der Waals surface area contributed by atoms with Gasteiger partial charge in [0.05, 0.1) is 5.69 Å². The van der Waals surface area contributed by atoms with Gasteiger partial charge in [-0.1, -0.05) is 18.2 Å². The van der Waals surface area contributed by atoms with Crippen molar-refractivity contribution in [1.29, 1.82) is 0 Å². The largest absolute Gasteiger partial charge is 0.544 e. The van der Waals surface area contributed by atoms with Crippen molar-refractivity contribution in [2.45, 2.75) is 6.36 Å². The fourth-order valence-electron chi connectivity index (χ4n) is 0.892. The van der Waals surface area contributed by atoms with Crippen molar-refractivity contribution < 1.29 is 22.8 Å². The number of halogens is 3. The molecule has 0 aliphatic rings. The maximum absolute atomic E-state index is 11.9. The Balaban J connectivity index is 2.90. The van der Waals surface area contributed by atoms with Crippen LogP contribution in [0.1, 0.15) is 0 Å². The maximum atomic E-state index is 11.9. The van der Waals surface area contributed by atoms with Gasteiger partial charge < -0.3 is 5.73 Å². The molecule has 0 atom stereocenters. The molecule has 0 aromatic heterocycles. The third-order valence-corrected chi connectivity index (χ3v) is 1.39. The average molecular weight is 220 g/mol. The minimum absolute atomic E-state index is 0.0278. The number of para-hydroxylation sites is 1. The summed E-state index contributed by atoms with van der Waals surface area (Å²) >= 11 is 0. The number of primary amides is 1. The maximum Gasteiger partial charge on any atom is 0.544 e. The van der Waals surface area contributed by atoms with Crippen molar-refractivity contribution in [3.63, 3.8) is 0 Å². The SMILES string of the molecule is NC(=O)N(OC(F)(F)F)c1ccccc1. The number of amides is 2. The Hall–Kier alpha value is -1.76. The lowest BCUT2D eigenvalue weighted by molar-refractivity contribution is -0.325. The van der Waals surface area contributed by atoms with Crippen molar-refractivity contribution in [3.05, 3.63) is 30.3 Å². The molecule has 1 aromatic rings. The van der Waals surface area contributed by atoms with Gasteiger partial charge in [-0.05, 0) is 12.1 Å². The number of rotatable bonds is 2. The highest BCUT2D eigenvalue weighted by molar-refractivity contribution is 5.88. The van der Waals surface area contributed by atoms with E-state index in [0.717, 1.165) is 0 Å². The number of carbonyl (C=O) groups is 1. The van der Waals surface area contributed by atoms with E-state index in [0.29, 0.717) is 0 Å². The Morgan fingerprint density at radius 3 is 2.20 bits per heavy atom. The van der Waals surface area contributed by atoms with Gasteiger partial charge in [0.15, 0.2) is 0 Å². The number of urea groups is 1. The molecule has 0 saturated heterocycles. The first kappa shape index (κ1) is 11.3. The van der Waals surface area contributed by atoms with Crippen molar-refractivity contribution in [1.82, 2.24) is 0 Å². The number of hydrogen-bond acceptors (Lipinski definition) is 2. The highest BCUT2D eigenvalue weighted by Crippen LogP contribution is 2.23. The van der Waals surface area contributed by atoms with Gasteiger partial charge in [-0.2, -0.15) is 9.90 Å². The number of anilines is 1. The molecular formula is C8H7F3N2O2. The van der Waals surface area contributed by atoms with Crippen LogP contribution in [0, 0.1) is 0 Å². The van der Waals surface area contributed by atoms with Crippen molar-refractivity contribution in [3.8, 4) is 0 Å². The number of benzene rings is 1. The molecule has 7 heteroatoms. The summed E-state index contributed by atoms with van der Waals surface area (Å²) in [5.41, 5.74) is 4.64. The lowest BCUT2D eigenvalue weighted by Crippen LogP contribution is -2.40. The van der Waals surface area contributed by atoms with Gasteiger partial charge in [0, 0.05) is 0 Å². The summed E-state index contributed by atoms with van der Waals surface area (Å²) in [6.45, 7) is 0. The van der Waals surface area contributed by atoms with Crippen LogP contribution in [-0.2, 0) is 4.84 Å². The average Bonchev–Trinajstić information content (AvgIpc) is 2.14. The standard InChI is InChI=1S/C8H7F3N2O2/c9-8(10,11)15-13(7(12)14)6-4-2-1-3-5-6/h1-5H,(H2,12,14). The zero-order valence-corrected chi connectivity index (χ0v) is 7.36. The molecule has 1 aromatic carbocycles. The molecule has 0 saturated carbocycles. The summed E-state index contributed by atoms with van der Waals surface area (Å²) in [5.74, 6) is 0. The molecule has 0 aliphatic carbocycles. The summed E-state index contributed by atoms with van der Waals surface area (Å²) in [4.78, 5) is 14.1. The Morgan fingerprint density at radius 2 is 1.80 bits per heavy atom. The van der Waals surface area contributed by atoms with Crippen molar-refractivity contribution in [2.75, 3.05) is 5.06 Å². The number of nitrogens with zero attached hydrogens (tertiary/aromatic N) is 1. The lowest BCUT2D eigenvalue weighted by atomic mass is 10.3. The molecule has 2 amide bonds. The first-order valence-corrected chi connectivity index (χ1v) is 3.80. The smallest absolute Gasteiger partial charge is 0.349 e. The van der Waals surface area contributed by atoms with Crippen LogP contribution in [0.2, 0.25) is 0 Å². The fourth-order valence-corrected chi connectivity index (χ4v) is 0.892. The van der Waals surface area contributed by atoms with Crippen LogP contribution in [0.5, 0.6) is 0 Å². The minimum atomic E-state index is -4.97. The molecule has 15 heavy (non-hydrogen) atoms. The highest BCUT2D eigenvalue weighted by Gasteiger charge is 2.35. The van der Waals surface area contributed by atoms with Crippen molar-refractivity contribution in [2.24, 2.45) is 5.73 Å². The van der Waals surface area contributed by atoms with Gasteiger partial charge in [-0.3, -0.25) is 0 Å². The zero-order valence-electron chi connectivity index (χ0n) is 7.36. The molecule has 0 aliphatic heterocycles. The Labute approximate surface area is 83.0 Å². The van der Waals surface area contributed by atoms with Crippen LogP contribution < -0.4 is 10.8 Å². The quantitative estimate of drug-likeness (QED) is 0.775. The Kier molecular flexibility index (Phi) is 3.15. The summed E-state index contributed by atoms with van der Waals surface area (Å²) < 4.78 is 35.6. The van der Waals surface area contributed by atoms with E-state index >= 15 is 0 Å². The van der Waals surface area contributed by atoms with E-state index in [2.05, 4.69) is 4.84 Å². The molecule has 82 valence electrons. The van der Waals surface area contributed by atoms with Crippen LogP contribution in [0.3, 0.4) is 0 Å². The number of hydrogen-bond donors (Lipinski definition) is 1. The van der Waals surface area contributed by atoms with Crippen LogP contribution in [0.15, 0.2) is 30.3 Å². The summed E-state index contributed by atoms with van der Waals surface area (Å²) in [6.07, 6.45) is -4.97. The highest BCUT2D eigenvalue weighted by atomic mass is 19.4. The molecule has 0 bridgehead atoms. The molecule has 2 N–H and O–H groups in total. The van der Waals surface area contributed by atoms with Crippen LogP contribution in [0.4, 0.5) is 23.7 Å². The number of nitrogens with two attached hydrogens (primary N) is 1. The first-order chi connectivity index (χ1) is 6.90. The second-order valence-electron chi connectivity index (χ2n) is 2.51. The molecule has 0 fully saturated rings. The fraction of sp³-hybridized carbons (Fsp3) is 0.125. The molecule has 4 nitrogen and oxygen atoms in total. The van der Waals surface area contributed by atoms with E-state index in [1.54, 1.807) is 6.07 Å². The molecule has 1 rings (SSSR count). The lowest BCUT2D eigenvalue weighted by Gasteiger charge is -2.20. The van der Waals surface area contributed by atoms with Crippen molar-refractivity contribution >= 4 is 11.7 Å². The van der Waals surface area contributed by atoms with Gasteiger partial charge in [0.2, 0.25) is 0 Å². The number of alkyl halides is 3. The number of hydroxylamine groups is 1. The van der Waals surface area contributed by atoms with E-state index in [1.807, 2.05) is 0 Å². The van der Waals surface area contributed by atoms with E-state index in [4.69, 9.17) is 5.73 Å². The number of carbonyl (C=O) groups excluding carboxylic acids is 1. The molecule has 0 spiro atoms. The molecule has 0 unspecified atom stereocenters. The summed E-state index contributed by atoms with van der Waals surface area (Å²) in [7, 11) is 0. The van der Waals surface area contributed by atoms with E-state index in [-0.39, 0.29) is 10.8 Å². The summed E-state index contributed by atoms with van der Waals surface area (Å²) in [6, 6.07) is 5.65. The minimum Gasteiger partial charge on any atom is -0.349 e. The van der Waals surface area contributed by atoms with Gasteiger partial charge >= 0.3 is 12.4 Å². The third-order valence-electron chi connectivity index (χ3n) is 1.39. The topological polar surface area (TPSA) is 55.6 Å². The van der Waals surface area contributed by atoms with Gasteiger partial charge in [-0.15, -0.1) is 13.2 Å². The summed E-state index contributed by atoms with van der Waals surface area (Å²) in [5, 5.41) is -0.0278. The van der Waals surface area contributed by atoms with Gasteiger partial charge in [0.1, 0.15) is 0 Å². The molecular weight excluding hydrogens is 213 g/mol. The van der Waals surface area contributed by atoms with E-state index in [9.17, 15) is 18.0 Å². The normalized spacial score (nSPS) is 11.1. The Morgan fingerprint density at radius 1 is 1.27 bits per heavy atom. The zero-order chi connectivity index (χ0) is 11.5. The predicted molar refractivity (Wildman–Crippen MR) is 45.6 cm³/mol. The second-order valence-corrected chi connectivity index (χ2v) is 2.51. The van der Waals surface area contributed by atoms with Gasteiger partial charge in [-0.25, -0.2) is 4.79 Å². The first-order valence-electron chi connectivity index (χ1n) is 3.80. The monoisotopic (exact) mass is 220 g/mol. The van der Waals surface area contributed by atoms with Crippen LogP contribution >= 0.6 is 0 Å². The Bertz CT molecular complexity index is 339. The van der Waals surface area contributed by atoms with E-state index in [1.165, 1.54) is 24.3 Å².